The Morgan fingerprint density at radius 1 is 1.17 bits per heavy atom. The first-order chi connectivity index (χ1) is 17.1. The third-order valence-corrected chi connectivity index (χ3v) is 5.03. The maximum absolute atomic E-state index is 13.2. The van der Waals surface area contributed by atoms with Crippen molar-refractivity contribution in [3.63, 3.8) is 0 Å². The van der Waals surface area contributed by atoms with Crippen molar-refractivity contribution in [3.05, 3.63) is 87.7 Å². The minimum atomic E-state index is -4.88. The zero-order chi connectivity index (χ0) is 26.0. The predicted octanol–water partition coefficient (Wildman–Crippen LogP) is 4.75. The summed E-state index contributed by atoms with van der Waals surface area (Å²) in [6.45, 7) is 1.84. The van der Waals surface area contributed by atoms with E-state index in [0.29, 0.717) is 23.4 Å². The second kappa shape index (κ2) is 9.44. The minimum Gasteiger partial charge on any atom is -0.462 e. The Kier molecular flexibility index (Phi) is 6.38. The van der Waals surface area contributed by atoms with E-state index < -0.39 is 39.8 Å². The number of fused-ring (bicyclic) bond motifs is 1. The summed E-state index contributed by atoms with van der Waals surface area (Å²) in [4.78, 5) is 39.1. The van der Waals surface area contributed by atoms with Crippen molar-refractivity contribution >= 4 is 28.9 Å². The van der Waals surface area contributed by atoms with Crippen LogP contribution in [0.1, 0.15) is 33.2 Å². The number of aromatic nitrogens is 3. The second-order valence-corrected chi connectivity index (χ2v) is 7.40. The van der Waals surface area contributed by atoms with Gasteiger partial charge in [0.2, 0.25) is 0 Å². The van der Waals surface area contributed by atoms with Crippen LogP contribution in [0.25, 0.3) is 16.9 Å². The summed E-state index contributed by atoms with van der Waals surface area (Å²) in [6.07, 6.45) is -2.10. The highest BCUT2D eigenvalue weighted by atomic mass is 19.4. The molecule has 4 aromatic rings. The predicted molar refractivity (Wildman–Crippen MR) is 120 cm³/mol. The number of benzene rings is 2. The molecule has 0 spiro atoms. The number of anilines is 1. The summed E-state index contributed by atoms with van der Waals surface area (Å²) >= 11 is 0. The van der Waals surface area contributed by atoms with Crippen LogP contribution in [0.3, 0.4) is 0 Å². The quantitative estimate of drug-likeness (QED) is 0.230. The van der Waals surface area contributed by atoms with E-state index in [1.54, 1.807) is 25.1 Å². The Morgan fingerprint density at radius 2 is 1.94 bits per heavy atom. The molecule has 0 aliphatic rings. The molecule has 2 aromatic heterocycles. The number of carbonyl (C=O) groups excluding carboxylic acids is 2. The van der Waals surface area contributed by atoms with E-state index in [2.05, 4.69) is 15.4 Å². The summed E-state index contributed by atoms with van der Waals surface area (Å²) in [6, 6.07) is 9.58. The highest BCUT2D eigenvalue weighted by molar-refractivity contribution is 6.05. The van der Waals surface area contributed by atoms with Gasteiger partial charge in [-0.25, -0.2) is 14.3 Å². The molecule has 0 saturated heterocycles. The summed E-state index contributed by atoms with van der Waals surface area (Å²) < 4.78 is 45.9. The van der Waals surface area contributed by atoms with Gasteiger partial charge < -0.3 is 10.1 Å². The number of non-ortho nitro benzene ring substituents is 1. The van der Waals surface area contributed by atoms with Crippen LogP contribution in [0.5, 0.6) is 0 Å². The molecular weight excluding hydrogens is 483 g/mol. The summed E-state index contributed by atoms with van der Waals surface area (Å²) in [5, 5.41) is 17.7. The van der Waals surface area contributed by atoms with Gasteiger partial charge in [0.25, 0.3) is 11.6 Å². The molecule has 0 atom stereocenters. The molecule has 0 aliphatic heterocycles. The van der Waals surface area contributed by atoms with Gasteiger partial charge in [-0.1, -0.05) is 12.1 Å². The van der Waals surface area contributed by atoms with Crippen LogP contribution >= 0.6 is 0 Å². The molecule has 184 valence electrons. The first-order valence-corrected chi connectivity index (χ1v) is 10.4. The molecule has 1 N–H and O–H groups in total. The van der Waals surface area contributed by atoms with Gasteiger partial charge in [-0.3, -0.25) is 14.9 Å². The number of nitrogens with one attached hydrogen (secondary N) is 1. The van der Waals surface area contributed by atoms with Gasteiger partial charge in [-0.2, -0.15) is 18.3 Å². The number of nitro benzene ring substituents is 1. The van der Waals surface area contributed by atoms with Gasteiger partial charge in [0, 0.05) is 35.1 Å². The molecule has 2 heterocycles. The Bertz CT molecular complexity index is 1500. The molecule has 13 heteroatoms. The lowest BCUT2D eigenvalue weighted by atomic mass is 10.1. The molecule has 4 rings (SSSR count). The van der Waals surface area contributed by atoms with Gasteiger partial charge in [-0.15, -0.1) is 0 Å². The standard InChI is InChI=1S/C23H16F3N5O5/c1-2-36-22(33)18-12-28-30-19(6-7-27-20(18)30)13-4-3-5-16(9-13)29-21(32)14-8-15(23(24,25)26)11-17(10-14)31(34)35/h3-12H,2H2,1H3,(H,29,32). The van der Waals surface area contributed by atoms with E-state index in [9.17, 15) is 32.9 Å². The lowest BCUT2D eigenvalue weighted by Crippen LogP contribution is -2.15. The van der Waals surface area contributed by atoms with Crippen molar-refractivity contribution in [2.75, 3.05) is 11.9 Å². The average Bonchev–Trinajstić information content (AvgIpc) is 3.28. The van der Waals surface area contributed by atoms with E-state index in [1.165, 1.54) is 29.0 Å². The number of ether oxygens (including phenoxy) is 1. The number of nitrogens with zero attached hydrogens (tertiary/aromatic N) is 4. The van der Waals surface area contributed by atoms with Gasteiger partial charge in [-0.05, 0) is 31.2 Å². The summed E-state index contributed by atoms with van der Waals surface area (Å²) in [5.74, 6) is -1.56. The fourth-order valence-electron chi connectivity index (χ4n) is 3.43. The Balaban J connectivity index is 1.67. The molecule has 0 unspecified atom stereocenters. The van der Waals surface area contributed by atoms with E-state index in [0.717, 1.165) is 6.07 Å². The van der Waals surface area contributed by atoms with E-state index in [4.69, 9.17) is 4.74 Å². The third-order valence-electron chi connectivity index (χ3n) is 5.03. The number of hydrogen-bond donors (Lipinski definition) is 1. The van der Waals surface area contributed by atoms with Crippen molar-refractivity contribution in [3.8, 4) is 11.3 Å². The Morgan fingerprint density at radius 3 is 2.64 bits per heavy atom. The van der Waals surface area contributed by atoms with Crippen LogP contribution in [0.4, 0.5) is 24.5 Å². The molecule has 10 nitrogen and oxygen atoms in total. The van der Waals surface area contributed by atoms with Crippen LogP contribution in [0.2, 0.25) is 0 Å². The lowest BCUT2D eigenvalue weighted by Gasteiger charge is -2.11. The topological polar surface area (TPSA) is 129 Å². The first kappa shape index (κ1) is 24.3. The summed E-state index contributed by atoms with van der Waals surface area (Å²) in [7, 11) is 0. The molecule has 0 bridgehead atoms. The minimum absolute atomic E-state index is 0.161. The monoisotopic (exact) mass is 499 g/mol. The largest absolute Gasteiger partial charge is 0.462 e. The number of hydrogen-bond acceptors (Lipinski definition) is 7. The van der Waals surface area contributed by atoms with Crippen molar-refractivity contribution in [2.45, 2.75) is 13.1 Å². The maximum Gasteiger partial charge on any atom is 0.416 e. The van der Waals surface area contributed by atoms with Crippen molar-refractivity contribution in [2.24, 2.45) is 0 Å². The summed E-state index contributed by atoms with van der Waals surface area (Å²) in [5.41, 5.74) is -1.05. The maximum atomic E-state index is 13.2. The third kappa shape index (κ3) is 4.85. The van der Waals surface area contributed by atoms with Crippen LogP contribution in [-0.2, 0) is 10.9 Å². The fourth-order valence-corrected chi connectivity index (χ4v) is 3.43. The van der Waals surface area contributed by atoms with E-state index >= 15 is 0 Å². The highest BCUT2D eigenvalue weighted by Crippen LogP contribution is 2.33. The van der Waals surface area contributed by atoms with E-state index in [-0.39, 0.29) is 23.5 Å². The second-order valence-electron chi connectivity index (χ2n) is 7.40. The van der Waals surface area contributed by atoms with Crippen molar-refractivity contribution < 1.29 is 32.4 Å². The zero-order valence-corrected chi connectivity index (χ0v) is 18.4. The molecule has 1 amide bonds. The van der Waals surface area contributed by atoms with Gasteiger partial charge >= 0.3 is 12.1 Å². The average molecular weight is 499 g/mol. The lowest BCUT2D eigenvalue weighted by molar-refractivity contribution is -0.385. The number of amides is 1. The van der Waals surface area contributed by atoms with Crippen LogP contribution < -0.4 is 5.32 Å². The zero-order valence-electron chi connectivity index (χ0n) is 18.4. The molecule has 36 heavy (non-hydrogen) atoms. The van der Waals surface area contributed by atoms with E-state index in [1.807, 2.05) is 0 Å². The number of nitro groups is 1. The molecule has 0 fully saturated rings. The van der Waals surface area contributed by atoms with Crippen LogP contribution in [0.15, 0.2) is 60.9 Å². The normalized spacial score (nSPS) is 11.3. The first-order valence-electron chi connectivity index (χ1n) is 10.4. The highest BCUT2D eigenvalue weighted by Gasteiger charge is 2.33. The SMILES string of the molecule is CCOC(=O)c1cnn2c(-c3cccc(NC(=O)c4cc([N+](=O)[O-])cc(C(F)(F)F)c4)c3)ccnc12. The number of carbonyl (C=O) groups is 2. The van der Waals surface area contributed by atoms with Gasteiger partial charge in [0.05, 0.1) is 29.0 Å². The van der Waals surface area contributed by atoms with Gasteiger partial charge in [0.15, 0.2) is 5.65 Å². The molecule has 2 aromatic carbocycles. The fraction of sp³-hybridized carbons (Fsp3) is 0.130. The van der Waals surface area contributed by atoms with Crippen LogP contribution in [-0.4, -0.2) is 38.0 Å². The molecule has 0 saturated carbocycles. The van der Waals surface area contributed by atoms with Crippen molar-refractivity contribution in [1.82, 2.24) is 14.6 Å². The van der Waals surface area contributed by atoms with Gasteiger partial charge in [0.1, 0.15) is 5.56 Å². The Hall–Kier alpha value is -4.81. The smallest absolute Gasteiger partial charge is 0.416 e. The van der Waals surface area contributed by atoms with Crippen molar-refractivity contribution in [1.29, 1.82) is 0 Å². The number of esters is 1. The molecule has 0 radical (unpaired) electrons. The number of halogens is 3. The number of rotatable bonds is 6. The molecule has 0 aliphatic carbocycles. The van der Waals surface area contributed by atoms with Crippen LogP contribution in [0, 0.1) is 10.1 Å². The number of alkyl halides is 3. The molecular formula is C23H16F3N5O5. The Labute approximate surface area is 200 Å².